The summed E-state index contributed by atoms with van der Waals surface area (Å²) < 4.78 is 18.6. The van der Waals surface area contributed by atoms with E-state index >= 15 is 0 Å². The van der Waals surface area contributed by atoms with Gasteiger partial charge < -0.3 is 10.1 Å². The molecule has 1 amide bonds. The van der Waals surface area contributed by atoms with Crippen molar-refractivity contribution >= 4 is 5.91 Å². The van der Waals surface area contributed by atoms with E-state index in [1.54, 1.807) is 31.6 Å². The first-order valence-corrected chi connectivity index (χ1v) is 8.22. The maximum Gasteiger partial charge on any atom is 0.251 e. The van der Waals surface area contributed by atoms with Crippen LogP contribution in [-0.4, -0.2) is 17.9 Å². The van der Waals surface area contributed by atoms with Gasteiger partial charge in [0.25, 0.3) is 5.91 Å². The van der Waals surface area contributed by atoms with Crippen molar-refractivity contribution in [3.63, 3.8) is 0 Å². The average molecular weight is 350 g/mol. The van der Waals surface area contributed by atoms with E-state index in [1.807, 2.05) is 31.2 Å². The average Bonchev–Trinajstić information content (AvgIpc) is 2.67. The molecule has 0 atom stereocenters. The van der Waals surface area contributed by atoms with Crippen LogP contribution in [-0.2, 0) is 6.61 Å². The van der Waals surface area contributed by atoms with Gasteiger partial charge in [0, 0.05) is 36.1 Å². The van der Waals surface area contributed by atoms with Gasteiger partial charge in [0.05, 0.1) is 0 Å². The minimum atomic E-state index is -0.295. The lowest BCUT2D eigenvalue weighted by Crippen LogP contribution is -2.18. The van der Waals surface area contributed by atoms with Crippen LogP contribution < -0.4 is 10.1 Å². The van der Waals surface area contributed by atoms with E-state index in [9.17, 15) is 9.18 Å². The first kappa shape index (κ1) is 17.6. The summed E-state index contributed by atoms with van der Waals surface area (Å²) in [6.45, 7) is 2.24. The van der Waals surface area contributed by atoms with Crippen molar-refractivity contribution in [3.8, 4) is 16.9 Å². The number of rotatable bonds is 5. The summed E-state index contributed by atoms with van der Waals surface area (Å²) in [7, 11) is 1.62. The molecule has 3 aromatic rings. The Morgan fingerprint density at radius 1 is 1.08 bits per heavy atom. The molecule has 2 aromatic carbocycles. The van der Waals surface area contributed by atoms with Gasteiger partial charge in [-0.3, -0.25) is 9.78 Å². The third-order valence-electron chi connectivity index (χ3n) is 4.05. The number of carbonyl (C=O) groups excluding carboxylic acids is 1. The van der Waals surface area contributed by atoms with E-state index < -0.39 is 0 Å². The molecule has 0 radical (unpaired) electrons. The van der Waals surface area contributed by atoms with Crippen LogP contribution in [0.25, 0.3) is 11.1 Å². The van der Waals surface area contributed by atoms with Crippen LogP contribution in [0.4, 0.5) is 4.39 Å². The van der Waals surface area contributed by atoms with Crippen LogP contribution in [0.5, 0.6) is 5.75 Å². The molecule has 1 aromatic heterocycles. The number of aromatic nitrogens is 1. The Balaban J connectivity index is 1.77. The lowest BCUT2D eigenvalue weighted by atomic mass is 10.00. The van der Waals surface area contributed by atoms with Crippen molar-refractivity contribution in [2.75, 3.05) is 7.05 Å². The molecule has 1 N–H and O–H groups in total. The van der Waals surface area contributed by atoms with Crippen LogP contribution in [0.3, 0.4) is 0 Å². The lowest BCUT2D eigenvalue weighted by Gasteiger charge is -2.10. The third-order valence-corrected chi connectivity index (χ3v) is 4.05. The lowest BCUT2D eigenvalue weighted by molar-refractivity contribution is 0.0962. The van der Waals surface area contributed by atoms with E-state index in [0.717, 1.165) is 22.3 Å². The first-order valence-electron chi connectivity index (χ1n) is 8.22. The number of carbonyl (C=O) groups is 1. The summed E-state index contributed by atoms with van der Waals surface area (Å²) in [6.07, 6.45) is 3.51. The van der Waals surface area contributed by atoms with Gasteiger partial charge in [-0.05, 0) is 54.4 Å². The van der Waals surface area contributed by atoms with Gasteiger partial charge in [0.1, 0.15) is 18.2 Å². The van der Waals surface area contributed by atoms with Crippen molar-refractivity contribution in [2.45, 2.75) is 13.5 Å². The number of amides is 1. The molecule has 4 nitrogen and oxygen atoms in total. The number of nitrogens with one attached hydrogen (secondary N) is 1. The normalized spacial score (nSPS) is 10.4. The molecule has 0 saturated carbocycles. The Kier molecular flexibility index (Phi) is 5.27. The largest absolute Gasteiger partial charge is 0.489 e. The van der Waals surface area contributed by atoms with Crippen LogP contribution in [0.1, 0.15) is 21.5 Å². The molecule has 0 aliphatic heterocycles. The van der Waals surface area contributed by atoms with Crippen molar-refractivity contribution < 1.29 is 13.9 Å². The first-order chi connectivity index (χ1) is 12.6. The molecule has 26 heavy (non-hydrogen) atoms. The zero-order valence-electron chi connectivity index (χ0n) is 14.6. The van der Waals surface area contributed by atoms with Crippen molar-refractivity contribution in [2.24, 2.45) is 0 Å². The second-order valence-electron chi connectivity index (χ2n) is 5.93. The van der Waals surface area contributed by atoms with Crippen LogP contribution >= 0.6 is 0 Å². The maximum absolute atomic E-state index is 12.9. The highest BCUT2D eigenvalue weighted by atomic mass is 19.1. The summed E-state index contributed by atoms with van der Waals surface area (Å²) in [5.74, 6) is 0.202. The van der Waals surface area contributed by atoms with Gasteiger partial charge in [-0.2, -0.15) is 0 Å². The Bertz CT molecular complexity index is 924. The Morgan fingerprint density at radius 3 is 2.54 bits per heavy atom. The van der Waals surface area contributed by atoms with Gasteiger partial charge in [-0.1, -0.05) is 12.1 Å². The molecule has 0 aliphatic carbocycles. The number of aryl methyl sites for hydroxylation is 1. The molecule has 0 fully saturated rings. The molecule has 5 heteroatoms. The van der Waals surface area contributed by atoms with Crippen molar-refractivity contribution in [1.29, 1.82) is 0 Å². The quantitative estimate of drug-likeness (QED) is 0.753. The zero-order chi connectivity index (χ0) is 18.5. The summed E-state index contributed by atoms with van der Waals surface area (Å²) in [5.41, 5.74) is 4.37. The smallest absolute Gasteiger partial charge is 0.251 e. The molecule has 0 saturated heterocycles. The molecule has 0 bridgehead atoms. The topological polar surface area (TPSA) is 51.2 Å². The minimum Gasteiger partial charge on any atom is -0.489 e. The summed E-state index contributed by atoms with van der Waals surface area (Å²) in [6, 6.07) is 13.6. The van der Waals surface area contributed by atoms with Crippen molar-refractivity contribution in [1.82, 2.24) is 10.3 Å². The number of nitrogens with zero attached hydrogens (tertiary/aromatic N) is 1. The number of benzene rings is 2. The predicted molar refractivity (Wildman–Crippen MR) is 98.5 cm³/mol. The summed E-state index contributed by atoms with van der Waals surface area (Å²) in [4.78, 5) is 16.1. The van der Waals surface area contributed by atoms with Gasteiger partial charge in [0.15, 0.2) is 0 Å². The Hall–Kier alpha value is -3.21. The highest BCUT2D eigenvalue weighted by molar-refractivity contribution is 5.96. The van der Waals surface area contributed by atoms with E-state index in [2.05, 4.69) is 10.3 Å². The monoisotopic (exact) mass is 350 g/mol. The molecule has 0 unspecified atom stereocenters. The van der Waals surface area contributed by atoms with Gasteiger partial charge >= 0.3 is 0 Å². The van der Waals surface area contributed by atoms with Crippen molar-refractivity contribution in [3.05, 3.63) is 83.4 Å². The molecular weight excluding hydrogens is 331 g/mol. The van der Waals surface area contributed by atoms with E-state index in [0.29, 0.717) is 17.9 Å². The predicted octanol–water partition coefficient (Wildman–Crippen LogP) is 4.13. The molecule has 3 rings (SSSR count). The third kappa shape index (κ3) is 4.06. The number of pyridine rings is 1. The van der Waals surface area contributed by atoms with E-state index in [1.165, 1.54) is 12.1 Å². The fraction of sp³-hybridized carbons (Fsp3) is 0.143. The maximum atomic E-state index is 12.9. The summed E-state index contributed by atoms with van der Waals surface area (Å²) >= 11 is 0. The SMILES string of the molecule is CNC(=O)c1ccc(-c2cncc(COc3ccc(F)cc3)c2)cc1C. The zero-order valence-corrected chi connectivity index (χ0v) is 14.6. The fourth-order valence-electron chi connectivity index (χ4n) is 2.65. The second kappa shape index (κ2) is 7.78. The fourth-order valence-corrected chi connectivity index (χ4v) is 2.65. The molecule has 0 aliphatic rings. The Morgan fingerprint density at radius 2 is 1.85 bits per heavy atom. The number of halogens is 1. The van der Waals surface area contributed by atoms with Crippen LogP contribution in [0, 0.1) is 12.7 Å². The Labute approximate surface area is 151 Å². The van der Waals surface area contributed by atoms with Gasteiger partial charge in [0.2, 0.25) is 0 Å². The van der Waals surface area contributed by atoms with Crippen LogP contribution in [0.15, 0.2) is 60.9 Å². The number of hydrogen-bond acceptors (Lipinski definition) is 3. The number of ether oxygens (including phenoxy) is 1. The standard InChI is InChI=1S/C21H19FN2O2/c1-14-9-16(3-8-20(14)21(25)23-2)17-10-15(11-24-12-17)13-26-19-6-4-18(22)5-7-19/h3-12H,13H2,1-2H3,(H,23,25). The van der Waals surface area contributed by atoms with E-state index in [-0.39, 0.29) is 11.7 Å². The molecular formula is C21H19FN2O2. The van der Waals surface area contributed by atoms with Crippen LogP contribution in [0.2, 0.25) is 0 Å². The highest BCUT2D eigenvalue weighted by Gasteiger charge is 2.09. The second-order valence-corrected chi connectivity index (χ2v) is 5.93. The van der Waals surface area contributed by atoms with Gasteiger partial charge in [-0.15, -0.1) is 0 Å². The van der Waals surface area contributed by atoms with Gasteiger partial charge in [-0.25, -0.2) is 4.39 Å². The minimum absolute atomic E-state index is 0.103. The molecule has 132 valence electrons. The summed E-state index contributed by atoms with van der Waals surface area (Å²) in [5, 5.41) is 2.63. The molecule has 0 spiro atoms. The molecule has 1 heterocycles. The van der Waals surface area contributed by atoms with E-state index in [4.69, 9.17) is 4.74 Å². The number of hydrogen-bond donors (Lipinski definition) is 1. The highest BCUT2D eigenvalue weighted by Crippen LogP contribution is 2.23.